The van der Waals surface area contributed by atoms with Gasteiger partial charge in [0.25, 0.3) is 0 Å². The van der Waals surface area contributed by atoms with Gasteiger partial charge in [-0.3, -0.25) is 0 Å². The van der Waals surface area contributed by atoms with Gasteiger partial charge in [0, 0.05) is 18.3 Å². The molecule has 4 nitrogen and oxygen atoms in total. The van der Waals surface area contributed by atoms with E-state index in [4.69, 9.17) is 0 Å². The fraction of sp³-hybridized carbons (Fsp3) is 0.500. The summed E-state index contributed by atoms with van der Waals surface area (Å²) in [5.41, 5.74) is 0. The summed E-state index contributed by atoms with van der Waals surface area (Å²) in [6.45, 7) is 4.30. The first kappa shape index (κ1) is 10.5. The Labute approximate surface area is 91.0 Å². The minimum Gasteiger partial charge on any atom is -0.393 e. The predicted octanol–water partition coefficient (Wildman–Crippen LogP) is 1.90. The van der Waals surface area contributed by atoms with Gasteiger partial charge in [0.1, 0.15) is 12.4 Å². The van der Waals surface area contributed by atoms with Crippen LogP contribution in [0.25, 0.3) is 0 Å². The topological polar surface area (TPSA) is 44.1 Å². The summed E-state index contributed by atoms with van der Waals surface area (Å²) >= 11 is 1.58. The van der Waals surface area contributed by atoms with E-state index in [9.17, 15) is 4.79 Å². The zero-order chi connectivity index (χ0) is 9.84. The highest BCUT2D eigenvalue weighted by molar-refractivity contribution is 14.1. The third kappa shape index (κ3) is 2.68. The molecule has 0 radical (unpaired) electrons. The molecule has 1 aromatic rings. The molecule has 0 spiro atoms. The third-order valence-electron chi connectivity index (χ3n) is 1.65. The van der Waals surface area contributed by atoms with E-state index in [1.807, 2.05) is 13.8 Å². The van der Waals surface area contributed by atoms with Gasteiger partial charge in [-0.1, -0.05) is 13.8 Å². The smallest absolute Gasteiger partial charge is 0.335 e. The predicted molar refractivity (Wildman–Crippen MR) is 56.4 cm³/mol. The van der Waals surface area contributed by atoms with Gasteiger partial charge in [-0.15, -0.1) is 0 Å². The number of carbonyl (C=O) groups excluding carboxylic acids is 1. The fourth-order valence-electron chi connectivity index (χ4n) is 1.12. The molecule has 5 heteroatoms. The van der Waals surface area contributed by atoms with Gasteiger partial charge >= 0.3 is 5.97 Å². The summed E-state index contributed by atoms with van der Waals surface area (Å²) < 4.78 is 6.34. The summed E-state index contributed by atoms with van der Waals surface area (Å²) in [5, 5.41) is 0. The van der Waals surface area contributed by atoms with E-state index in [0.29, 0.717) is 5.92 Å². The van der Waals surface area contributed by atoms with E-state index >= 15 is 0 Å². The van der Waals surface area contributed by atoms with Gasteiger partial charge in [-0.05, 0) is 0 Å². The molecule has 0 saturated heterocycles. The molecular formula is C8H11IN2O2. The number of carbonyl (C=O) groups is 1. The lowest BCUT2D eigenvalue weighted by molar-refractivity contribution is -0.132. The first-order chi connectivity index (χ1) is 6.15. The number of halogens is 1. The molecular weight excluding hydrogens is 283 g/mol. The Morgan fingerprint density at radius 3 is 3.00 bits per heavy atom. The highest BCUT2D eigenvalue weighted by Gasteiger charge is 2.10. The van der Waals surface area contributed by atoms with Gasteiger partial charge in [0.2, 0.25) is 0 Å². The highest BCUT2D eigenvalue weighted by atomic mass is 127. The van der Waals surface area contributed by atoms with Crippen LogP contribution in [-0.2, 0) is 14.4 Å². The zero-order valence-electron chi connectivity index (χ0n) is 7.53. The zero-order valence-corrected chi connectivity index (χ0v) is 9.69. The summed E-state index contributed by atoms with van der Waals surface area (Å²) in [7, 11) is 0. The van der Waals surface area contributed by atoms with Gasteiger partial charge in [-0.25, -0.2) is 9.78 Å². The average Bonchev–Trinajstić information content (AvgIpc) is 2.52. The summed E-state index contributed by atoms with van der Waals surface area (Å²) in [4.78, 5) is 15.1. The normalized spacial score (nSPS) is 10.5. The van der Waals surface area contributed by atoms with E-state index in [1.54, 1.807) is 40.0 Å². The first-order valence-electron chi connectivity index (χ1n) is 3.97. The van der Waals surface area contributed by atoms with Crippen LogP contribution in [0.3, 0.4) is 0 Å². The van der Waals surface area contributed by atoms with E-state index < -0.39 is 0 Å². The number of aromatic nitrogens is 2. The molecule has 0 fully saturated rings. The van der Waals surface area contributed by atoms with E-state index in [0.717, 1.165) is 5.82 Å². The molecule has 72 valence electrons. The van der Waals surface area contributed by atoms with Crippen molar-refractivity contribution in [3.05, 3.63) is 18.2 Å². The molecule has 0 N–H and O–H groups in total. The molecule has 1 rings (SSSR count). The molecule has 1 aromatic heterocycles. The Kier molecular flexibility index (Phi) is 3.71. The number of hydrogen-bond donors (Lipinski definition) is 0. The lowest BCUT2D eigenvalue weighted by Crippen LogP contribution is -2.12. The van der Waals surface area contributed by atoms with Gasteiger partial charge in [0.05, 0.1) is 0 Å². The van der Waals surface area contributed by atoms with Crippen LogP contribution in [0, 0.1) is 0 Å². The Morgan fingerprint density at radius 2 is 2.46 bits per heavy atom. The number of nitrogens with zero attached hydrogens (tertiary/aromatic N) is 2. The van der Waals surface area contributed by atoms with Crippen molar-refractivity contribution in [2.45, 2.75) is 26.3 Å². The van der Waals surface area contributed by atoms with Crippen LogP contribution < -0.4 is 0 Å². The monoisotopic (exact) mass is 294 g/mol. The van der Waals surface area contributed by atoms with Crippen LogP contribution in [0.2, 0.25) is 0 Å². The third-order valence-corrected chi connectivity index (χ3v) is 2.14. The Bertz CT molecular complexity index is 296. The number of rotatable bonds is 3. The molecule has 0 aliphatic carbocycles. The first-order valence-corrected chi connectivity index (χ1v) is 4.85. The maximum atomic E-state index is 11.0. The van der Waals surface area contributed by atoms with Crippen LogP contribution >= 0.6 is 23.0 Å². The lowest BCUT2D eigenvalue weighted by atomic mass is 10.2. The molecule has 0 aliphatic rings. The summed E-state index contributed by atoms with van der Waals surface area (Å²) in [5.74, 6) is 0.958. The van der Waals surface area contributed by atoms with Crippen molar-refractivity contribution in [2.75, 3.05) is 0 Å². The second kappa shape index (κ2) is 4.59. The van der Waals surface area contributed by atoms with Crippen molar-refractivity contribution in [2.24, 2.45) is 0 Å². The Morgan fingerprint density at radius 1 is 1.77 bits per heavy atom. The molecule has 0 aliphatic heterocycles. The maximum Gasteiger partial charge on any atom is 0.335 e. The standard InChI is InChI=1S/C8H11IN2O2/c1-6(2)8-10-3-4-11(8)5-7(12)13-9/h3-4,6H,5H2,1-2H3. The van der Waals surface area contributed by atoms with E-state index in [-0.39, 0.29) is 12.5 Å². The minimum absolute atomic E-state index is 0.233. The van der Waals surface area contributed by atoms with Crippen LogP contribution in [0.4, 0.5) is 0 Å². The van der Waals surface area contributed by atoms with Crippen LogP contribution in [0.5, 0.6) is 0 Å². The molecule has 0 unspecified atom stereocenters. The Hall–Kier alpha value is -0.590. The lowest BCUT2D eigenvalue weighted by Gasteiger charge is -2.07. The van der Waals surface area contributed by atoms with Crippen molar-refractivity contribution < 1.29 is 7.86 Å². The van der Waals surface area contributed by atoms with Crippen molar-refractivity contribution in [1.82, 2.24) is 9.55 Å². The summed E-state index contributed by atoms with van der Waals surface area (Å²) in [6, 6.07) is 0. The van der Waals surface area contributed by atoms with Crippen molar-refractivity contribution >= 4 is 29.0 Å². The van der Waals surface area contributed by atoms with Crippen LogP contribution in [0.15, 0.2) is 12.4 Å². The second-order valence-corrected chi connectivity index (χ2v) is 3.46. The number of hydrogen-bond acceptors (Lipinski definition) is 3. The van der Waals surface area contributed by atoms with E-state index in [2.05, 4.69) is 8.05 Å². The average molecular weight is 294 g/mol. The Balaban J connectivity index is 2.76. The SMILES string of the molecule is CC(C)c1nccn1CC(=O)OI. The van der Waals surface area contributed by atoms with Gasteiger partial charge in [-0.2, -0.15) is 0 Å². The molecule has 0 aromatic carbocycles. The number of imidazole rings is 1. The minimum atomic E-state index is -0.263. The van der Waals surface area contributed by atoms with Crippen LogP contribution in [-0.4, -0.2) is 15.5 Å². The van der Waals surface area contributed by atoms with Crippen molar-refractivity contribution in [1.29, 1.82) is 0 Å². The molecule has 0 saturated carbocycles. The molecule has 0 atom stereocenters. The molecule has 13 heavy (non-hydrogen) atoms. The second-order valence-electron chi connectivity index (χ2n) is 3.02. The quantitative estimate of drug-likeness (QED) is 0.800. The van der Waals surface area contributed by atoms with Crippen molar-refractivity contribution in [3.63, 3.8) is 0 Å². The largest absolute Gasteiger partial charge is 0.393 e. The summed E-state index contributed by atoms with van der Waals surface area (Å²) in [6.07, 6.45) is 3.47. The van der Waals surface area contributed by atoms with E-state index in [1.165, 1.54) is 0 Å². The fourth-order valence-corrected chi connectivity index (χ4v) is 1.26. The van der Waals surface area contributed by atoms with Gasteiger partial charge in [0.15, 0.2) is 23.0 Å². The maximum absolute atomic E-state index is 11.0. The van der Waals surface area contributed by atoms with Gasteiger partial charge < -0.3 is 7.63 Å². The molecule has 0 amide bonds. The highest BCUT2D eigenvalue weighted by Crippen LogP contribution is 2.11. The van der Waals surface area contributed by atoms with Crippen molar-refractivity contribution in [3.8, 4) is 0 Å². The molecule has 1 heterocycles. The van der Waals surface area contributed by atoms with Crippen LogP contribution in [0.1, 0.15) is 25.6 Å². The molecule has 0 bridgehead atoms.